The summed E-state index contributed by atoms with van der Waals surface area (Å²) in [5.74, 6) is 0.555. The Balaban J connectivity index is 0.00000218. The number of hydrogen-bond acceptors (Lipinski definition) is 5. The lowest BCUT2D eigenvalue weighted by atomic mass is 10.0. The summed E-state index contributed by atoms with van der Waals surface area (Å²) in [6.07, 6.45) is 0. The van der Waals surface area contributed by atoms with E-state index in [4.69, 9.17) is 5.73 Å². The van der Waals surface area contributed by atoms with Crippen LogP contribution in [0.15, 0.2) is 66.7 Å². The molecule has 29 heavy (non-hydrogen) atoms. The van der Waals surface area contributed by atoms with Crippen LogP contribution < -0.4 is 11.1 Å². The SMILES string of the molecule is NCCN1Cc2ccc(-c3cccc4nc(Nc5ccccc5)nn34)cc2C1=O.[HH]. The van der Waals surface area contributed by atoms with Gasteiger partial charge in [-0.15, -0.1) is 5.10 Å². The number of rotatable bonds is 5. The minimum Gasteiger partial charge on any atom is -0.333 e. The van der Waals surface area contributed by atoms with E-state index in [0.717, 1.165) is 33.7 Å². The van der Waals surface area contributed by atoms with Crippen molar-refractivity contribution in [1.29, 1.82) is 0 Å². The number of carbonyl (C=O) groups is 1. The van der Waals surface area contributed by atoms with E-state index in [1.807, 2.05) is 66.7 Å². The van der Waals surface area contributed by atoms with Crippen LogP contribution in [0.5, 0.6) is 0 Å². The highest BCUT2D eigenvalue weighted by atomic mass is 16.2. The molecule has 1 aliphatic heterocycles. The van der Waals surface area contributed by atoms with Crippen LogP contribution in [0.2, 0.25) is 0 Å². The zero-order chi connectivity index (χ0) is 19.8. The molecule has 0 fully saturated rings. The highest BCUT2D eigenvalue weighted by Gasteiger charge is 2.27. The van der Waals surface area contributed by atoms with Gasteiger partial charge in [0, 0.05) is 37.9 Å². The number of amides is 1. The fourth-order valence-corrected chi connectivity index (χ4v) is 3.68. The predicted molar refractivity (Wildman–Crippen MR) is 114 cm³/mol. The molecule has 0 saturated carbocycles. The van der Waals surface area contributed by atoms with Crippen molar-refractivity contribution in [2.24, 2.45) is 5.73 Å². The molecule has 0 radical (unpaired) electrons. The van der Waals surface area contributed by atoms with Gasteiger partial charge in [0.15, 0.2) is 5.65 Å². The summed E-state index contributed by atoms with van der Waals surface area (Å²) in [6.45, 7) is 1.64. The van der Waals surface area contributed by atoms with Crippen molar-refractivity contribution in [2.75, 3.05) is 18.4 Å². The molecule has 0 bridgehead atoms. The lowest BCUT2D eigenvalue weighted by molar-refractivity contribution is 0.0783. The standard InChI is InChI=1S/C22H20N6O.H2/c23-11-12-27-14-16-10-9-15(13-18(16)21(27)29)19-7-4-8-20-25-22(26-28(19)20)24-17-5-2-1-3-6-17;/h1-10,13H,11-12,14,23H2,(H,24,26);1H. The lowest BCUT2D eigenvalue weighted by Gasteiger charge is -2.13. The fraction of sp³-hybridized carbons (Fsp3) is 0.136. The summed E-state index contributed by atoms with van der Waals surface area (Å²) in [6, 6.07) is 21.6. The second kappa shape index (κ2) is 7.03. The molecule has 1 aliphatic rings. The minimum absolute atomic E-state index is 0. The Morgan fingerprint density at radius 1 is 1.07 bits per heavy atom. The van der Waals surface area contributed by atoms with Gasteiger partial charge in [-0.2, -0.15) is 4.98 Å². The first-order valence-corrected chi connectivity index (χ1v) is 9.53. The maximum absolute atomic E-state index is 12.7. The van der Waals surface area contributed by atoms with Crippen LogP contribution in [0, 0.1) is 0 Å². The number of hydrogen-bond donors (Lipinski definition) is 2. The molecule has 1 amide bonds. The van der Waals surface area contributed by atoms with Gasteiger partial charge in [0.05, 0.1) is 5.69 Å². The van der Waals surface area contributed by atoms with Gasteiger partial charge in [-0.25, -0.2) is 4.52 Å². The van der Waals surface area contributed by atoms with Crippen molar-refractivity contribution in [1.82, 2.24) is 19.5 Å². The summed E-state index contributed by atoms with van der Waals surface area (Å²) in [5.41, 5.74) is 10.9. The highest BCUT2D eigenvalue weighted by Crippen LogP contribution is 2.29. The molecule has 0 saturated heterocycles. The van der Waals surface area contributed by atoms with E-state index in [-0.39, 0.29) is 7.33 Å². The van der Waals surface area contributed by atoms with Crippen molar-refractivity contribution in [3.8, 4) is 11.3 Å². The Kier molecular flexibility index (Phi) is 4.22. The monoisotopic (exact) mass is 386 g/mol. The van der Waals surface area contributed by atoms with E-state index in [1.54, 1.807) is 9.42 Å². The molecular weight excluding hydrogens is 364 g/mol. The molecule has 3 N–H and O–H groups in total. The molecule has 4 aromatic rings. The van der Waals surface area contributed by atoms with Gasteiger partial charge in [0.25, 0.3) is 5.91 Å². The summed E-state index contributed by atoms with van der Waals surface area (Å²) >= 11 is 0. The molecule has 3 heterocycles. The Hall–Kier alpha value is -3.71. The van der Waals surface area contributed by atoms with Crippen LogP contribution in [0.3, 0.4) is 0 Å². The summed E-state index contributed by atoms with van der Waals surface area (Å²) in [7, 11) is 0. The number of nitrogens with two attached hydrogens (primary N) is 1. The Labute approximate surface area is 169 Å². The van der Waals surface area contributed by atoms with Gasteiger partial charge < -0.3 is 16.0 Å². The van der Waals surface area contributed by atoms with Crippen molar-refractivity contribution in [2.45, 2.75) is 6.54 Å². The van der Waals surface area contributed by atoms with Crippen LogP contribution >= 0.6 is 0 Å². The zero-order valence-electron chi connectivity index (χ0n) is 15.7. The van der Waals surface area contributed by atoms with E-state index < -0.39 is 0 Å². The molecule has 2 aromatic heterocycles. The number of carbonyl (C=O) groups excluding carboxylic acids is 1. The van der Waals surface area contributed by atoms with Gasteiger partial charge in [-0.05, 0) is 35.9 Å². The largest absolute Gasteiger partial charge is 0.333 e. The maximum Gasteiger partial charge on any atom is 0.254 e. The van der Waals surface area contributed by atoms with E-state index >= 15 is 0 Å². The third-order valence-corrected chi connectivity index (χ3v) is 5.07. The smallest absolute Gasteiger partial charge is 0.254 e. The number of para-hydroxylation sites is 1. The molecule has 0 atom stereocenters. The summed E-state index contributed by atoms with van der Waals surface area (Å²) in [5, 5.41) is 7.85. The van der Waals surface area contributed by atoms with Crippen LogP contribution in [0.25, 0.3) is 16.9 Å². The number of anilines is 2. The van der Waals surface area contributed by atoms with Crippen molar-refractivity contribution < 1.29 is 6.22 Å². The quantitative estimate of drug-likeness (QED) is 0.549. The molecule has 146 valence electrons. The first kappa shape index (κ1) is 17.4. The third kappa shape index (κ3) is 3.11. The Morgan fingerprint density at radius 3 is 2.76 bits per heavy atom. The van der Waals surface area contributed by atoms with Gasteiger partial charge >= 0.3 is 0 Å². The average molecular weight is 386 g/mol. The molecule has 0 unspecified atom stereocenters. The zero-order valence-corrected chi connectivity index (χ0v) is 15.7. The topological polar surface area (TPSA) is 88.5 Å². The first-order chi connectivity index (χ1) is 14.2. The van der Waals surface area contributed by atoms with Crippen LogP contribution in [0.1, 0.15) is 17.3 Å². The number of fused-ring (bicyclic) bond motifs is 2. The second-order valence-corrected chi connectivity index (χ2v) is 6.99. The van der Waals surface area contributed by atoms with Gasteiger partial charge in [-0.3, -0.25) is 4.79 Å². The molecule has 7 heteroatoms. The Morgan fingerprint density at radius 2 is 1.93 bits per heavy atom. The number of pyridine rings is 1. The van der Waals surface area contributed by atoms with Crippen LogP contribution in [-0.2, 0) is 6.54 Å². The minimum atomic E-state index is 0. The summed E-state index contributed by atoms with van der Waals surface area (Å²) in [4.78, 5) is 19.0. The highest BCUT2D eigenvalue weighted by molar-refractivity contribution is 5.99. The average Bonchev–Trinajstić information content (AvgIpc) is 3.29. The van der Waals surface area contributed by atoms with Crippen LogP contribution in [0.4, 0.5) is 11.6 Å². The van der Waals surface area contributed by atoms with Crippen molar-refractivity contribution in [3.05, 3.63) is 77.9 Å². The van der Waals surface area contributed by atoms with Crippen LogP contribution in [-0.4, -0.2) is 38.5 Å². The van der Waals surface area contributed by atoms with Gasteiger partial charge in [0.2, 0.25) is 5.95 Å². The van der Waals surface area contributed by atoms with E-state index in [2.05, 4.69) is 15.4 Å². The number of nitrogens with one attached hydrogen (secondary N) is 1. The summed E-state index contributed by atoms with van der Waals surface area (Å²) < 4.78 is 1.80. The third-order valence-electron chi connectivity index (χ3n) is 5.07. The van der Waals surface area contributed by atoms with Gasteiger partial charge in [-0.1, -0.05) is 36.4 Å². The molecule has 0 aliphatic carbocycles. The predicted octanol–water partition coefficient (Wildman–Crippen LogP) is 3.30. The molecule has 2 aromatic carbocycles. The molecule has 0 spiro atoms. The second-order valence-electron chi connectivity index (χ2n) is 6.99. The number of benzene rings is 2. The molecule has 7 nitrogen and oxygen atoms in total. The fourth-order valence-electron chi connectivity index (χ4n) is 3.68. The van der Waals surface area contributed by atoms with Crippen molar-refractivity contribution >= 4 is 23.2 Å². The Bertz CT molecular complexity index is 1210. The van der Waals surface area contributed by atoms with Crippen molar-refractivity contribution in [3.63, 3.8) is 0 Å². The first-order valence-electron chi connectivity index (χ1n) is 9.53. The lowest BCUT2D eigenvalue weighted by Crippen LogP contribution is -2.29. The molecular formula is C22H22N6O. The normalized spacial score (nSPS) is 13.1. The molecule has 5 rings (SSSR count). The maximum atomic E-state index is 12.7. The van der Waals surface area contributed by atoms with E-state index in [1.165, 1.54) is 0 Å². The number of nitrogens with zero attached hydrogens (tertiary/aromatic N) is 4. The van der Waals surface area contributed by atoms with E-state index in [0.29, 0.717) is 25.6 Å². The van der Waals surface area contributed by atoms with Gasteiger partial charge in [0.1, 0.15) is 0 Å². The van der Waals surface area contributed by atoms with E-state index in [9.17, 15) is 4.79 Å². The number of aromatic nitrogens is 3.